The van der Waals surface area contributed by atoms with Gasteiger partial charge in [0.25, 0.3) is 0 Å². The lowest BCUT2D eigenvalue weighted by Crippen LogP contribution is -2.13. The van der Waals surface area contributed by atoms with E-state index in [4.69, 9.17) is 0 Å². The molecule has 1 N–H and O–H groups in total. The van der Waals surface area contributed by atoms with Crippen molar-refractivity contribution in [2.24, 2.45) is 0 Å². The number of hydrogen-bond donors (Lipinski definition) is 1. The van der Waals surface area contributed by atoms with E-state index in [-0.39, 0.29) is 5.56 Å². The van der Waals surface area contributed by atoms with Gasteiger partial charge in [0.15, 0.2) is 0 Å². The SMILES string of the molecule is Fc1cc2c(cc1-c1cccnn1)CNCCC2c1c(F)cccc1F. The molecule has 1 unspecified atom stereocenters. The van der Waals surface area contributed by atoms with Crippen LogP contribution in [-0.2, 0) is 6.54 Å². The van der Waals surface area contributed by atoms with Gasteiger partial charge in [-0.2, -0.15) is 10.2 Å². The second-order valence-electron chi connectivity index (χ2n) is 6.29. The maximum absolute atomic E-state index is 14.8. The van der Waals surface area contributed by atoms with Gasteiger partial charge >= 0.3 is 0 Å². The molecule has 3 nitrogen and oxygen atoms in total. The molecular weight excluding hydrogens is 339 g/mol. The molecule has 1 aliphatic heterocycles. The summed E-state index contributed by atoms with van der Waals surface area (Å²) >= 11 is 0. The highest BCUT2D eigenvalue weighted by Crippen LogP contribution is 2.37. The predicted octanol–water partition coefficient (Wildman–Crippen LogP) is 4.19. The first-order chi connectivity index (χ1) is 12.6. The standard InChI is InChI=1S/C20H16F3N3/c21-16-3-1-4-17(22)20(16)13-6-8-24-11-12-9-15(18(23)10-14(12)13)19-5-2-7-25-26-19/h1-5,7,9-10,13,24H,6,8,11H2. The summed E-state index contributed by atoms with van der Waals surface area (Å²) in [5.74, 6) is -2.25. The Hall–Kier alpha value is -2.73. The molecule has 0 saturated heterocycles. The first-order valence-electron chi connectivity index (χ1n) is 8.40. The number of halogens is 3. The van der Waals surface area contributed by atoms with Crippen molar-refractivity contribution in [2.45, 2.75) is 18.9 Å². The van der Waals surface area contributed by atoms with Crippen LogP contribution in [0, 0.1) is 17.5 Å². The molecule has 2 aromatic carbocycles. The van der Waals surface area contributed by atoms with Crippen LogP contribution in [0.5, 0.6) is 0 Å². The molecule has 4 rings (SSSR count). The normalized spacial score (nSPS) is 16.8. The highest BCUT2D eigenvalue weighted by Gasteiger charge is 2.27. The third-order valence-corrected chi connectivity index (χ3v) is 4.73. The molecule has 3 aromatic rings. The predicted molar refractivity (Wildman–Crippen MR) is 92.0 cm³/mol. The molecule has 0 fully saturated rings. The Labute approximate surface area is 148 Å². The van der Waals surface area contributed by atoms with Crippen molar-refractivity contribution in [3.8, 4) is 11.3 Å². The Morgan fingerprint density at radius 3 is 2.50 bits per heavy atom. The number of rotatable bonds is 2. The third kappa shape index (κ3) is 2.97. The van der Waals surface area contributed by atoms with Crippen molar-refractivity contribution in [1.29, 1.82) is 0 Å². The lowest BCUT2D eigenvalue weighted by molar-refractivity contribution is 0.527. The molecule has 1 aromatic heterocycles. The van der Waals surface area contributed by atoms with Gasteiger partial charge in [0.1, 0.15) is 17.5 Å². The average Bonchev–Trinajstić information content (AvgIpc) is 2.84. The molecule has 2 heterocycles. The van der Waals surface area contributed by atoms with E-state index in [1.54, 1.807) is 18.2 Å². The summed E-state index contributed by atoms with van der Waals surface area (Å²) in [4.78, 5) is 0. The molecule has 0 aliphatic carbocycles. The highest BCUT2D eigenvalue weighted by atomic mass is 19.1. The number of hydrogen-bond acceptors (Lipinski definition) is 3. The van der Waals surface area contributed by atoms with Crippen molar-refractivity contribution in [1.82, 2.24) is 15.5 Å². The number of nitrogens with zero attached hydrogens (tertiary/aromatic N) is 2. The van der Waals surface area contributed by atoms with Crippen molar-refractivity contribution >= 4 is 0 Å². The monoisotopic (exact) mass is 355 g/mol. The Morgan fingerprint density at radius 1 is 0.962 bits per heavy atom. The Morgan fingerprint density at radius 2 is 1.77 bits per heavy atom. The van der Waals surface area contributed by atoms with Crippen LogP contribution in [0.4, 0.5) is 13.2 Å². The maximum atomic E-state index is 14.8. The van der Waals surface area contributed by atoms with Crippen LogP contribution in [0.15, 0.2) is 48.7 Å². The van der Waals surface area contributed by atoms with Crippen molar-refractivity contribution in [2.75, 3.05) is 6.54 Å². The fourth-order valence-corrected chi connectivity index (χ4v) is 3.52. The van der Waals surface area contributed by atoms with E-state index in [0.717, 1.165) is 5.56 Å². The first kappa shape index (κ1) is 16.7. The Balaban J connectivity index is 1.87. The van der Waals surface area contributed by atoms with E-state index >= 15 is 0 Å². The lowest BCUT2D eigenvalue weighted by Gasteiger charge is -2.20. The third-order valence-electron chi connectivity index (χ3n) is 4.73. The van der Waals surface area contributed by atoms with Crippen LogP contribution >= 0.6 is 0 Å². The number of aromatic nitrogens is 2. The highest BCUT2D eigenvalue weighted by molar-refractivity contribution is 5.62. The minimum Gasteiger partial charge on any atom is -0.313 e. The van der Waals surface area contributed by atoms with E-state index in [2.05, 4.69) is 15.5 Å². The molecule has 0 spiro atoms. The summed E-state index contributed by atoms with van der Waals surface area (Å²) in [6, 6.07) is 10.2. The van der Waals surface area contributed by atoms with Gasteiger partial charge in [0, 0.05) is 29.8 Å². The van der Waals surface area contributed by atoms with Gasteiger partial charge in [-0.05, 0) is 60.5 Å². The second kappa shape index (κ2) is 6.88. The van der Waals surface area contributed by atoms with Crippen molar-refractivity contribution in [3.63, 3.8) is 0 Å². The zero-order valence-corrected chi connectivity index (χ0v) is 13.8. The molecule has 1 aliphatic rings. The summed E-state index contributed by atoms with van der Waals surface area (Å²) in [6.45, 7) is 1.07. The van der Waals surface area contributed by atoms with Crippen LogP contribution in [-0.4, -0.2) is 16.7 Å². The summed E-state index contributed by atoms with van der Waals surface area (Å²) in [7, 11) is 0. The summed E-state index contributed by atoms with van der Waals surface area (Å²) in [6.07, 6.45) is 2.00. The van der Waals surface area contributed by atoms with Crippen LogP contribution in [0.25, 0.3) is 11.3 Å². The molecule has 1 atom stereocenters. The molecule has 0 bridgehead atoms. The number of benzene rings is 2. The number of nitrogens with one attached hydrogen (secondary N) is 1. The van der Waals surface area contributed by atoms with Crippen molar-refractivity contribution in [3.05, 3.63) is 82.8 Å². The van der Waals surface area contributed by atoms with Crippen LogP contribution < -0.4 is 5.32 Å². The summed E-state index contributed by atoms with van der Waals surface area (Å²) < 4.78 is 43.5. The molecule has 0 amide bonds. The van der Waals surface area contributed by atoms with Gasteiger partial charge in [0.05, 0.1) is 5.69 Å². The Kier molecular flexibility index (Phi) is 4.42. The average molecular weight is 355 g/mol. The fraction of sp³-hybridized carbons (Fsp3) is 0.200. The Bertz CT molecular complexity index is 924. The van der Waals surface area contributed by atoms with Gasteiger partial charge in [0.2, 0.25) is 0 Å². The van der Waals surface area contributed by atoms with E-state index in [1.807, 2.05) is 0 Å². The van der Waals surface area contributed by atoms with E-state index < -0.39 is 23.4 Å². The van der Waals surface area contributed by atoms with Gasteiger partial charge < -0.3 is 5.32 Å². The topological polar surface area (TPSA) is 37.8 Å². The maximum Gasteiger partial charge on any atom is 0.132 e. The second-order valence-corrected chi connectivity index (χ2v) is 6.29. The van der Waals surface area contributed by atoms with Crippen LogP contribution in [0.3, 0.4) is 0 Å². The molecule has 132 valence electrons. The minimum atomic E-state index is -0.610. The van der Waals surface area contributed by atoms with E-state index in [0.29, 0.717) is 36.3 Å². The van der Waals surface area contributed by atoms with Gasteiger partial charge in [-0.1, -0.05) is 6.07 Å². The van der Waals surface area contributed by atoms with Gasteiger partial charge in [-0.15, -0.1) is 0 Å². The zero-order chi connectivity index (χ0) is 18.1. The van der Waals surface area contributed by atoms with Crippen molar-refractivity contribution < 1.29 is 13.2 Å². The molecule has 0 saturated carbocycles. The fourth-order valence-electron chi connectivity index (χ4n) is 3.52. The number of fused-ring (bicyclic) bond motifs is 1. The largest absolute Gasteiger partial charge is 0.313 e. The van der Waals surface area contributed by atoms with Gasteiger partial charge in [-0.3, -0.25) is 0 Å². The van der Waals surface area contributed by atoms with Crippen LogP contribution in [0.2, 0.25) is 0 Å². The lowest BCUT2D eigenvalue weighted by atomic mass is 9.85. The molecular formula is C20H16F3N3. The smallest absolute Gasteiger partial charge is 0.132 e. The molecule has 6 heteroatoms. The molecule has 26 heavy (non-hydrogen) atoms. The van der Waals surface area contributed by atoms with E-state index in [9.17, 15) is 13.2 Å². The molecule has 0 radical (unpaired) electrons. The minimum absolute atomic E-state index is 0.0101. The first-order valence-corrected chi connectivity index (χ1v) is 8.40. The summed E-state index contributed by atoms with van der Waals surface area (Å²) in [5, 5.41) is 11.0. The van der Waals surface area contributed by atoms with Crippen LogP contribution in [0.1, 0.15) is 29.0 Å². The zero-order valence-electron chi connectivity index (χ0n) is 13.8. The quantitative estimate of drug-likeness (QED) is 0.749. The van der Waals surface area contributed by atoms with E-state index in [1.165, 1.54) is 30.5 Å². The van der Waals surface area contributed by atoms with Gasteiger partial charge in [-0.25, -0.2) is 13.2 Å². The summed E-state index contributed by atoms with van der Waals surface area (Å²) in [5.41, 5.74) is 2.14.